The van der Waals surface area contributed by atoms with Crippen LogP contribution >= 0.6 is 0 Å². The van der Waals surface area contributed by atoms with Gasteiger partial charge in [0, 0.05) is 26.7 Å². The van der Waals surface area contributed by atoms with E-state index in [1.54, 1.807) is 0 Å². The van der Waals surface area contributed by atoms with Crippen LogP contribution in [0.3, 0.4) is 0 Å². The Morgan fingerprint density at radius 2 is 1.39 bits per heavy atom. The highest BCUT2D eigenvalue weighted by molar-refractivity contribution is 5.83. The van der Waals surface area contributed by atoms with E-state index in [4.69, 9.17) is 55.0 Å². The van der Waals surface area contributed by atoms with Crippen molar-refractivity contribution < 1.29 is 38.7 Å². The lowest BCUT2D eigenvalue weighted by atomic mass is 10.1. The predicted octanol–water partition coefficient (Wildman–Crippen LogP) is -0.466. The zero-order chi connectivity index (χ0) is 35.0. The monoisotopic (exact) mass is 682 g/mol. The first-order chi connectivity index (χ1) is 22.8. The van der Waals surface area contributed by atoms with E-state index in [1.165, 1.54) is 35.6 Å². The normalized spacial score (nSPS) is 25.8. The number of hydrogen-bond acceptors (Lipinski definition) is 18. The lowest BCUT2D eigenvalue weighted by molar-refractivity contribution is -0.166. The van der Waals surface area contributed by atoms with Crippen LogP contribution < -0.4 is 22.9 Å². The summed E-state index contributed by atoms with van der Waals surface area (Å²) in [7, 11) is 0. The number of aromatic nitrogens is 8. The molecule has 260 valence electrons. The number of aliphatic hydroxyl groups is 2. The van der Waals surface area contributed by atoms with Gasteiger partial charge < -0.3 is 42.6 Å². The molecule has 2 saturated heterocycles. The Kier molecular flexibility index (Phi) is 10.0. The molecule has 6 rings (SSSR count). The minimum absolute atomic E-state index is 0. The fourth-order valence-electron chi connectivity index (χ4n) is 5.22. The molecule has 2 aliphatic heterocycles. The molecule has 49 heavy (non-hydrogen) atoms. The quantitative estimate of drug-likeness (QED) is 0.111. The molecule has 22 nitrogen and oxygen atoms in total. The Morgan fingerprint density at radius 1 is 0.898 bits per heavy atom. The van der Waals surface area contributed by atoms with E-state index in [9.17, 15) is 19.8 Å². The highest BCUT2D eigenvalue weighted by Crippen LogP contribution is 2.42. The van der Waals surface area contributed by atoms with Crippen LogP contribution in [-0.4, -0.2) is 98.1 Å². The van der Waals surface area contributed by atoms with E-state index in [2.05, 4.69) is 39.6 Å². The first-order valence-corrected chi connectivity index (χ1v) is 14.0. The molecule has 0 bridgehead atoms. The van der Waals surface area contributed by atoms with E-state index in [0.717, 1.165) is 0 Å². The first-order valence-electron chi connectivity index (χ1n) is 14.0. The van der Waals surface area contributed by atoms with Crippen LogP contribution in [0.1, 0.15) is 46.6 Å². The molecule has 0 unspecified atom stereocenters. The van der Waals surface area contributed by atoms with Gasteiger partial charge in [0.15, 0.2) is 35.6 Å². The molecular weight excluding hydrogens is 648 g/mol. The average Bonchev–Trinajstić information content (AvgIpc) is 3.80. The maximum atomic E-state index is 11.5. The zero-order valence-corrected chi connectivity index (χ0v) is 25.4. The molecule has 0 amide bonds. The van der Waals surface area contributed by atoms with Gasteiger partial charge in [0.1, 0.15) is 23.5 Å². The van der Waals surface area contributed by atoms with Crippen molar-refractivity contribution in [1.29, 1.82) is 0 Å². The van der Waals surface area contributed by atoms with Crippen molar-refractivity contribution in [2.75, 3.05) is 36.1 Å². The van der Waals surface area contributed by atoms with Crippen LogP contribution in [0.25, 0.3) is 32.0 Å². The van der Waals surface area contributed by atoms with E-state index < -0.39 is 61.3 Å². The van der Waals surface area contributed by atoms with Crippen molar-refractivity contribution in [3.63, 3.8) is 0 Å². The molecule has 0 aliphatic carbocycles. The van der Waals surface area contributed by atoms with E-state index in [0.29, 0.717) is 22.3 Å². The Balaban J connectivity index is 0.000000223. The van der Waals surface area contributed by atoms with Gasteiger partial charge in [-0.25, -0.2) is 23.1 Å². The number of nitrogens with zero attached hydrogens (tertiary/aromatic N) is 10. The van der Waals surface area contributed by atoms with Crippen LogP contribution in [0.5, 0.6) is 0 Å². The second-order valence-electron chi connectivity index (χ2n) is 10.7. The van der Waals surface area contributed by atoms with E-state index >= 15 is 0 Å². The number of esters is 2. The third kappa shape index (κ3) is 6.61. The number of imidazole rings is 2. The fourth-order valence-corrected chi connectivity index (χ4v) is 5.22. The standard InChI is InChI=1S/C15H17N7O5.C11H13N7O3.CH4/c1-7(23)25-5-15(18-3)9(26-8(2)24)4-10(27-15)22-6-19-11-12(16)20-14(17)21-13(11)22;1-14-11(3-19)5(20)2-6(21-11)18-4-15-7-8(12)16-10(13)17-9(7)18;/h6,9-10H,4-5H2,1-2H3,(H4,16,17,20,21);4-6,19-20H,2-3H2,(H4,12,13,16,17);1H4/t9-,10-,15-;5-,6-,11-;/m11./s1. The molecule has 10 N–H and O–H groups in total. The number of rotatable bonds is 6. The van der Waals surface area contributed by atoms with Crippen molar-refractivity contribution in [3.8, 4) is 0 Å². The first kappa shape index (κ1) is 35.9. The summed E-state index contributed by atoms with van der Waals surface area (Å²) in [5.74, 6) is -1.01. The van der Waals surface area contributed by atoms with Gasteiger partial charge in [-0.05, 0) is 0 Å². The van der Waals surface area contributed by atoms with Crippen LogP contribution in [0.15, 0.2) is 12.7 Å². The van der Waals surface area contributed by atoms with Gasteiger partial charge in [-0.2, -0.15) is 19.9 Å². The van der Waals surface area contributed by atoms with Gasteiger partial charge in [0.2, 0.25) is 24.6 Å². The molecule has 0 radical (unpaired) electrons. The highest BCUT2D eigenvalue weighted by atomic mass is 16.6. The highest BCUT2D eigenvalue weighted by Gasteiger charge is 2.60. The molecule has 22 heteroatoms. The summed E-state index contributed by atoms with van der Waals surface area (Å²) in [6.07, 6.45) is -0.528. The number of carbonyl (C=O) groups is 2. The van der Waals surface area contributed by atoms with Crippen molar-refractivity contribution in [3.05, 3.63) is 35.5 Å². The summed E-state index contributed by atoms with van der Waals surface area (Å²) in [6.45, 7) is 16.1. The predicted molar refractivity (Wildman–Crippen MR) is 168 cm³/mol. The molecule has 4 aromatic heterocycles. The molecular formula is C27H34N14O8. The second-order valence-corrected chi connectivity index (χ2v) is 10.7. The topological polar surface area (TPSA) is 312 Å². The van der Waals surface area contributed by atoms with Crippen LogP contribution in [-0.2, 0) is 28.5 Å². The van der Waals surface area contributed by atoms with Crippen LogP contribution in [0, 0.1) is 13.1 Å². The van der Waals surface area contributed by atoms with Gasteiger partial charge in [-0.1, -0.05) is 7.43 Å². The molecule has 0 saturated carbocycles. The van der Waals surface area contributed by atoms with Gasteiger partial charge in [-0.3, -0.25) is 37.9 Å². The number of nitrogens with two attached hydrogens (primary N) is 4. The molecule has 4 aromatic rings. The van der Waals surface area contributed by atoms with Crippen molar-refractivity contribution >= 4 is 57.8 Å². The average molecular weight is 683 g/mol. The summed E-state index contributed by atoms with van der Waals surface area (Å²) >= 11 is 0. The maximum Gasteiger partial charge on any atom is 0.409 e. The number of hydrogen-bond donors (Lipinski definition) is 6. The van der Waals surface area contributed by atoms with Crippen molar-refractivity contribution in [2.45, 2.75) is 70.2 Å². The molecule has 6 heterocycles. The number of fused-ring (bicyclic) bond motifs is 2. The maximum absolute atomic E-state index is 11.5. The van der Waals surface area contributed by atoms with Crippen LogP contribution in [0.2, 0.25) is 0 Å². The number of anilines is 4. The minimum Gasteiger partial charge on any atom is -0.454 e. The second kappa shape index (κ2) is 13.7. The Labute approximate surface area is 277 Å². The lowest BCUT2D eigenvalue weighted by Crippen LogP contribution is -2.43. The number of carbonyl (C=O) groups excluding carboxylic acids is 2. The lowest BCUT2D eigenvalue weighted by Gasteiger charge is -2.21. The number of aliphatic hydroxyl groups excluding tert-OH is 2. The van der Waals surface area contributed by atoms with E-state index in [-0.39, 0.29) is 43.8 Å². The van der Waals surface area contributed by atoms with Crippen molar-refractivity contribution in [1.82, 2.24) is 39.0 Å². The molecule has 0 aromatic carbocycles. The third-order valence-electron chi connectivity index (χ3n) is 7.49. The fraction of sp³-hybridized carbons (Fsp3) is 0.481. The summed E-state index contributed by atoms with van der Waals surface area (Å²) in [5.41, 5.74) is 20.7. The smallest absolute Gasteiger partial charge is 0.409 e. The summed E-state index contributed by atoms with van der Waals surface area (Å²) in [6, 6.07) is 0. The van der Waals surface area contributed by atoms with Gasteiger partial charge >= 0.3 is 23.4 Å². The van der Waals surface area contributed by atoms with Gasteiger partial charge in [-0.15, -0.1) is 0 Å². The number of ether oxygens (including phenoxy) is 4. The summed E-state index contributed by atoms with van der Waals surface area (Å²) in [5, 5.41) is 19.3. The SMILES string of the molecule is C.[C-]#[N+][C@]1(CO)O[C@@H](n2cnc3c(N)nc(N)nc32)C[C@H]1O.[C-]#[N+][C@]1(COC(C)=O)O[C@@H](n2cnc3c(N)nc(N)nc32)C[C@H]1OC(C)=O. The molecule has 6 atom stereocenters. The molecule has 2 aliphatic rings. The van der Waals surface area contributed by atoms with Gasteiger partial charge in [0.05, 0.1) is 12.7 Å². The van der Waals surface area contributed by atoms with Crippen LogP contribution in [0.4, 0.5) is 23.5 Å². The van der Waals surface area contributed by atoms with Crippen molar-refractivity contribution in [2.24, 2.45) is 0 Å². The minimum atomic E-state index is -1.69. The van der Waals surface area contributed by atoms with Gasteiger partial charge in [0.25, 0.3) is 0 Å². The number of nitrogen functional groups attached to an aromatic ring is 4. The Morgan fingerprint density at radius 3 is 1.82 bits per heavy atom. The Hall–Kier alpha value is -5.94. The Bertz CT molecular complexity index is 1970. The summed E-state index contributed by atoms with van der Waals surface area (Å²) < 4.78 is 24.6. The zero-order valence-electron chi connectivity index (χ0n) is 25.4. The van der Waals surface area contributed by atoms with E-state index in [1.807, 2.05) is 0 Å². The summed E-state index contributed by atoms with van der Waals surface area (Å²) in [4.78, 5) is 53.4. The molecule has 2 fully saturated rings. The third-order valence-corrected chi connectivity index (χ3v) is 7.49. The largest absolute Gasteiger partial charge is 0.454 e. The molecule has 0 spiro atoms.